The Balaban J connectivity index is 0.00000123. The number of nitrogens with two attached hydrogens (primary N) is 2. The summed E-state index contributed by atoms with van der Waals surface area (Å²) < 4.78 is 10.5. The van der Waals surface area contributed by atoms with Gasteiger partial charge in [-0.2, -0.15) is 0 Å². The number of rotatable bonds is 16. The second kappa shape index (κ2) is 19.7. The fourth-order valence-corrected chi connectivity index (χ4v) is 4.03. The largest absolute Gasteiger partial charge is 0.470 e. The van der Waals surface area contributed by atoms with Crippen LogP contribution in [0, 0.1) is 5.92 Å². The Morgan fingerprint density at radius 2 is 1.66 bits per heavy atom. The van der Waals surface area contributed by atoms with Gasteiger partial charge in [-0.3, -0.25) is 14.4 Å². The third-order valence-corrected chi connectivity index (χ3v) is 6.45. The minimum absolute atomic E-state index is 0.0650. The van der Waals surface area contributed by atoms with Crippen LogP contribution in [0.5, 0.6) is 0 Å². The van der Waals surface area contributed by atoms with Gasteiger partial charge in [0.2, 0.25) is 25.5 Å². The fourth-order valence-electron chi connectivity index (χ4n) is 4.03. The zero-order valence-electron chi connectivity index (χ0n) is 27.1. The van der Waals surface area contributed by atoms with Crippen LogP contribution < -0.4 is 32.7 Å². The first kappa shape index (κ1) is 38.4. The lowest BCUT2D eigenvalue weighted by Gasteiger charge is -2.32. The molecule has 1 fully saturated rings. The molecule has 0 spiro atoms. The van der Waals surface area contributed by atoms with Crippen molar-refractivity contribution < 1.29 is 28.7 Å². The van der Waals surface area contributed by atoms with Crippen LogP contribution in [-0.2, 0) is 25.7 Å². The van der Waals surface area contributed by atoms with E-state index < -0.39 is 17.4 Å². The lowest BCUT2D eigenvalue weighted by molar-refractivity contribution is -0.124. The predicted octanol–water partition coefficient (Wildman–Crippen LogP) is 3.20. The Labute approximate surface area is 263 Å². The van der Waals surface area contributed by atoms with Crippen molar-refractivity contribution in [2.24, 2.45) is 17.4 Å². The normalized spacial score (nSPS) is 13.8. The van der Waals surface area contributed by atoms with Crippen LogP contribution in [0.2, 0.25) is 0 Å². The molecule has 1 aliphatic carbocycles. The predicted molar refractivity (Wildman–Crippen MR) is 173 cm³/mol. The van der Waals surface area contributed by atoms with Crippen molar-refractivity contribution in [3.8, 4) is 0 Å². The molecule has 13 heteroatoms. The molecule has 0 aliphatic heterocycles. The Bertz CT molecular complexity index is 1100. The lowest BCUT2D eigenvalue weighted by atomic mass is 9.85. The second-order valence-electron chi connectivity index (χ2n) is 12.0. The van der Waals surface area contributed by atoms with Gasteiger partial charge in [0, 0.05) is 23.5 Å². The number of amides is 4. The molecule has 1 aromatic rings. The van der Waals surface area contributed by atoms with Gasteiger partial charge in [-0.15, -0.1) is 0 Å². The third kappa shape index (κ3) is 16.9. The molecule has 2 atom stereocenters. The summed E-state index contributed by atoms with van der Waals surface area (Å²) in [5.74, 6) is -1.03. The number of carbonyl (C=O) groups excluding carboxylic acids is 4. The zero-order chi connectivity index (χ0) is 33.3. The van der Waals surface area contributed by atoms with Crippen molar-refractivity contribution in [3.63, 3.8) is 0 Å². The van der Waals surface area contributed by atoms with Gasteiger partial charge in [-0.1, -0.05) is 32.9 Å². The van der Waals surface area contributed by atoms with Gasteiger partial charge in [-0.25, -0.2) is 4.79 Å². The Morgan fingerprint density at radius 3 is 2.11 bits per heavy atom. The van der Waals surface area contributed by atoms with Crippen LogP contribution >= 0.6 is 0 Å². The Kier molecular flexibility index (Phi) is 17.2. The highest BCUT2D eigenvalue weighted by Crippen LogP contribution is 2.30. The molecule has 8 N–H and O–H groups in total. The van der Waals surface area contributed by atoms with Crippen LogP contribution in [0.25, 0.3) is 0 Å². The summed E-state index contributed by atoms with van der Waals surface area (Å²) in [5.41, 5.74) is 13.8. The first-order chi connectivity index (χ1) is 20.6. The van der Waals surface area contributed by atoms with Crippen molar-refractivity contribution in [2.75, 3.05) is 25.0 Å². The van der Waals surface area contributed by atoms with E-state index in [-0.39, 0.29) is 49.5 Å². The molecule has 44 heavy (non-hydrogen) atoms. The average Bonchev–Trinajstić information content (AvgIpc) is 2.90. The summed E-state index contributed by atoms with van der Waals surface area (Å²) in [4.78, 5) is 46.1. The minimum Gasteiger partial charge on any atom is -0.470 e. The topological polar surface area (TPSA) is 187 Å². The Morgan fingerprint density at radius 1 is 1.02 bits per heavy atom. The van der Waals surface area contributed by atoms with Gasteiger partial charge < -0.3 is 42.2 Å². The van der Waals surface area contributed by atoms with Gasteiger partial charge in [0.05, 0.1) is 31.7 Å². The van der Waals surface area contributed by atoms with Crippen molar-refractivity contribution >= 4 is 37.2 Å². The molecule has 0 bridgehead atoms. The van der Waals surface area contributed by atoms with Gasteiger partial charge in [0.15, 0.2) is 0 Å². The summed E-state index contributed by atoms with van der Waals surface area (Å²) >= 11 is 0. The van der Waals surface area contributed by atoms with Crippen LogP contribution in [0.4, 0.5) is 15.3 Å². The number of anilines is 1. The minimum atomic E-state index is -0.839. The summed E-state index contributed by atoms with van der Waals surface area (Å²) in [6.45, 7) is 12.9. The average molecular weight is 615 g/mol. The number of urea groups is 1. The molecular formula is C31H51BN6O6. The van der Waals surface area contributed by atoms with E-state index in [1.165, 1.54) is 5.57 Å². The van der Waals surface area contributed by atoms with Crippen molar-refractivity contribution in [1.82, 2.24) is 16.0 Å². The molecule has 1 aliphatic rings. The van der Waals surface area contributed by atoms with E-state index >= 15 is 0 Å². The van der Waals surface area contributed by atoms with E-state index in [4.69, 9.17) is 28.8 Å². The standard InChI is InChI=1S/C27H41BN4O5.C4H10N2O/c1-17(2)24(32-22(33)13-18(3)37-16-27(4,5)29)25(20-7-6-8-20)30-14-23(34)31-21-11-9-19(10-12-21)15-36-26(28)35;1-2-3-6-4(5)7/h9-12,17-18,24,30H,6-8,13-16,29H2,1-5H3,(H,31,34)(H,32,33);2-3H2,1H3,(H3,5,6,7). The molecule has 0 saturated heterocycles. The van der Waals surface area contributed by atoms with Crippen LogP contribution in [0.15, 0.2) is 35.5 Å². The van der Waals surface area contributed by atoms with Crippen LogP contribution in [0.1, 0.15) is 79.2 Å². The number of hydrogen-bond donors (Lipinski definition) is 6. The summed E-state index contributed by atoms with van der Waals surface area (Å²) in [5, 5.41) is 11.7. The van der Waals surface area contributed by atoms with E-state index in [1.807, 2.05) is 41.5 Å². The highest BCUT2D eigenvalue weighted by Gasteiger charge is 2.27. The molecule has 244 valence electrons. The summed E-state index contributed by atoms with van der Waals surface area (Å²) in [7, 11) is 4.98. The van der Waals surface area contributed by atoms with E-state index in [1.54, 1.807) is 24.3 Å². The van der Waals surface area contributed by atoms with Gasteiger partial charge in [0.1, 0.15) is 6.61 Å². The molecule has 1 aromatic carbocycles. The van der Waals surface area contributed by atoms with E-state index in [2.05, 4.69) is 21.3 Å². The molecule has 0 aromatic heterocycles. The highest BCUT2D eigenvalue weighted by molar-refractivity contribution is 6.55. The quantitative estimate of drug-likeness (QED) is 0.153. The number of carbonyl (C=O) groups is 4. The molecule has 2 radical (unpaired) electrons. The van der Waals surface area contributed by atoms with E-state index in [0.717, 1.165) is 36.9 Å². The summed E-state index contributed by atoms with van der Waals surface area (Å²) in [6.07, 6.45) is 3.89. The summed E-state index contributed by atoms with van der Waals surface area (Å²) in [6, 6.07) is 6.28. The number of ether oxygens (including phenoxy) is 2. The van der Waals surface area contributed by atoms with Crippen molar-refractivity contribution in [2.45, 2.75) is 97.9 Å². The van der Waals surface area contributed by atoms with Gasteiger partial charge in [0.25, 0.3) is 0 Å². The highest BCUT2D eigenvalue weighted by atomic mass is 16.5. The number of allylic oxidation sites excluding steroid dienone is 1. The van der Waals surface area contributed by atoms with Crippen molar-refractivity contribution in [1.29, 1.82) is 0 Å². The maximum absolute atomic E-state index is 12.8. The molecule has 4 amide bonds. The molecule has 1 saturated carbocycles. The van der Waals surface area contributed by atoms with Crippen LogP contribution in [0.3, 0.4) is 0 Å². The van der Waals surface area contributed by atoms with E-state index in [0.29, 0.717) is 18.8 Å². The Hall–Kier alpha value is -3.58. The number of benzene rings is 1. The smallest absolute Gasteiger partial charge is 0.312 e. The molecule has 2 unspecified atom stereocenters. The van der Waals surface area contributed by atoms with Gasteiger partial charge in [-0.05, 0) is 75.6 Å². The lowest BCUT2D eigenvalue weighted by Crippen LogP contribution is -2.47. The fraction of sp³-hybridized carbons (Fsp3) is 0.613. The maximum atomic E-state index is 12.8. The SMILES string of the molecule is CCCNC(N)=O.[B]C(=O)OCc1ccc(NC(=O)CNC(=C2CCC2)C(NC(=O)CC(C)OCC(C)(C)N)C(C)C)cc1. The van der Waals surface area contributed by atoms with Crippen LogP contribution in [-0.4, -0.2) is 68.9 Å². The van der Waals surface area contributed by atoms with Crippen molar-refractivity contribution in [3.05, 3.63) is 41.1 Å². The van der Waals surface area contributed by atoms with E-state index in [9.17, 15) is 19.2 Å². The van der Waals surface area contributed by atoms with Gasteiger partial charge >= 0.3 is 6.03 Å². The molecule has 0 heterocycles. The number of nitrogens with one attached hydrogen (secondary N) is 4. The number of primary amides is 1. The number of hydrogen-bond acceptors (Lipinski definition) is 8. The zero-order valence-corrected chi connectivity index (χ0v) is 27.1. The first-order valence-corrected chi connectivity index (χ1v) is 15.1. The second-order valence-corrected chi connectivity index (χ2v) is 12.0. The maximum Gasteiger partial charge on any atom is 0.312 e. The first-order valence-electron chi connectivity index (χ1n) is 15.1. The monoisotopic (exact) mass is 614 g/mol. The molecule has 12 nitrogen and oxygen atoms in total. The molecular weight excluding hydrogens is 563 g/mol. The molecule has 2 rings (SSSR count). The third-order valence-electron chi connectivity index (χ3n) is 6.45.